The maximum Gasteiger partial charge on any atom is 0.334 e. The molecule has 0 heterocycles. The molecule has 1 N–H and O–H groups in total. The van der Waals surface area contributed by atoms with Gasteiger partial charge in [0.15, 0.2) is 0 Å². The lowest BCUT2D eigenvalue weighted by atomic mass is 10.00. The summed E-state index contributed by atoms with van der Waals surface area (Å²) in [6, 6.07) is 0. The van der Waals surface area contributed by atoms with E-state index in [1.54, 1.807) is 13.8 Å². The highest BCUT2D eigenvalue weighted by Crippen LogP contribution is 2.16. The highest BCUT2D eigenvalue weighted by molar-refractivity contribution is 5.94. The van der Waals surface area contributed by atoms with Gasteiger partial charge < -0.3 is 9.84 Å². The van der Waals surface area contributed by atoms with Gasteiger partial charge in [-0.25, -0.2) is 4.79 Å². The molecule has 0 aliphatic heterocycles. The fraction of sp³-hybridized carbons (Fsp3) is 0.545. The molecule has 1 unspecified atom stereocenters. The third-order valence-corrected chi connectivity index (χ3v) is 1.88. The second-order valence-electron chi connectivity index (χ2n) is 3.86. The third-order valence-electron chi connectivity index (χ3n) is 1.88. The van der Waals surface area contributed by atoms with Crippen molar-refractivity contribution in [1.82, 2.24) is 0 Å². The van der Waals surface area contributed by atoms with Crippen LogP contribution in [-0.4, -0.2) is 28.9 Å². The van der Waals surface area contributed by atoms with Crippen molar-refractivity contribution in [2.75, 3.05) is 0 Å². The second-order valence-corrected chi connectivity index (χ2v) is 3.86. The molecule has 0 aromatic rings. The van der Waals surface area contributed by atoms with Crippen LogP contribution in [0.15, 0.2) is 12.2 Å². The monoisotopic (exact) mass is 228 g/mol. The largest absolute Gasteiger partial charge is 0.478 e. The van der Waals surface area contributed by atoms with Gasteiger partial charge in [-0.3, -0.25) is 9.59 Å². The highest BCUT2D eigenvalue weighted by Gasteiger charge is 2.26. The summed E-state index contributed by atoms with van der Waals surface area (Å²) in [5, 5.41) is 8.74. The van der Waals surface area contributed by atoms with Crippen molar-refractivity contribution in [3.8, 4) is 0 Å². The number of ketones is 1. The van der Waals surface area contributed by atoms with Crippen LogP contribution in [0, 0.1) is 5.92 Å². The van der Waals surface area contributed by atoms with Crippen molar-refractivity contribution in [2.45, 2.75) is 33.3 Å². The van der Waals surface area contributed by atoms with Crippen LogP contribution in [0.5, 0.6) is 0 Å². The second kappa shape index (κ2) is 6.05. The topological polar surface area (TPSA) is 80.7 Å². The van der Waals surface area contributed by atoms with Crippen molar-refractivity contribution in [2.24, 2.45) is 5.92 Å². The van der Waals surface area contributed by atoms with Gasteiger partial charge in [0.1, 0.15) is 18.3 Å². The Morgan fingerprint density at radius 3 is 2.12 bits per heavy atom. The van der Waals surface area contributed by atoms with Crippen molar-refractivity contribution in [3.63, 3.8) is 0 Å². The van der Waals surface area contributed by atoms with Crippen LogP contribution >= 0.6 is 0 Å². The molecule has 0 radical (unpaired) electrons. The molecule has 16 heavy (non-hydrogen) atoms. The first-order valence-electron chi connectivity index (χ1n) is 4.86. The van der Waals surface area contributed by atoms with E-state index in [9.17, 15) is 14.4 Å². The smallest absolute Gasteiger partial charge is 0.334 e. The van der Waals surface area contributed by atoms with Gasteiger partial charge in [-0.05, 0) is 12.8 Å². The lowest BCUT2D eigenvalue weighted by Crippen LogP contribution is -2.29. The van der Waals surface area contributed by atoms with E-state index in [-0.39, 0.29) is 23.7 Å². The number of hydrogen-bond acceptors (Lipinski definition) is 4. The molecule has 0 rings (SSSR count). The number of Topliss-reactive ketones (excluding diaryl/α,β-unsaturated/α-hetero) is 1. The lowest BCUT2D eigenvalue weighted by molar-refractivity contribution is -0.151. The summed E-state index contributed by atoms with van der Waals surface area (Å²) in [5.74, 6) is -2.48. The Kier molecular flexibility index (Phi) is 5.42. The van der Waals surface area contributed by atoms with Gasteiger partial charge >= 0.3 is 11.9 Å². The zero-order valence-electron chi connectivity index (χ0n) is 9.65. The summed E-state index contributed by atoms with van der Waals surface area (Å²) in [5.41, 5.74) is -0.188. The number of carbonyl (C=O) groups is 3. The molecule has 1 atom stereocenters. The van der Waals surface area contributed by atoms with Crippen LogP contribution in [-0.2, 0) is 19.1 Å². The van der Waals surface area contributed by atoms with Crippen LogP contribution in [0.2, 0.25) is 0 Å². The molecule has 0 aliphatic carbocycles. The Labute approximate surface area is 94.1 Å². The van der Waals surface area contributed by atoms with Gasteiger partial charge in [0.2, 0.25) is 0 Å². The molecule has 0 aromatic carbocycles. The Balaban J connectivity index is 4.58. The van der Waals surface area contributed by atoms with Gasteiger partial charge in [-0.2, -0.15) is 0 Å². The van der Waals surface area contributed by atoms with Crippen molar-refractivity contribution in [3.05, 3.63) is 12.2 Å². The van der Waals surface area contributed by atoms with Crippen LogP contribution in [0.25, 0.3) is 0 Å². The Bertz CT molecular complexity index is 316. The van der Waals surface area contributed by atoms with Gasteiger partial charge in [0.25, 0.3) is 0 Å². The molecule has 0 amide bonds. The molecular weight excluding hydrogens is 212 g/mol. The van der Waals surface area contributed by atoms with Crippen LogP contribution in [0.3, 0.4) is 0 Å². The average molecular weight is 228 g/mol. The summed E-state index contributed by atoms with van der Waals surface area (Å²) in [6.07, 6.45) is -1.25. The van der Waals surface area contributed by atoms with E-state index in [4.69, 9.17) is 9.84 Å². The Hall–Kier alpha value is -1.65. The molecule has 0 spiro atoms. The minimum atomic E-state index is -1.21. The Morgan fingerprint density at radius 2 is 1.81 bits per heavy atom. The minimum Gasteiger partial charge on any atom is -0.478 e. The summed E-state index contributed by atoms with van der Waals surface area (Å²) in [6.45, 7) is 8.02. The number of aliphatic carboxylic acids is 1. The maximum absolute atomic E-state index is 11.2. The number of rotatable bonds is 6. The van der Waals surface area contributed by atoms with E-state index in [1.807, 2.05) is 0 Å². The van der Waals surface area contributed by atoms with E-state index in [2.05, 4.69) is 6.58 Å². The van der Waals surface area contributed by atoms with E-state index >= 15 is 0 Å². The fourth-order valence-corrected chi connectivity index (χ4v) is 1.12. The van der Waals surface area contributed by atoms with Crippen LogP contribution in [0.4, 0.5) is 0 Å². The first-order chi connectivity index (χ1) is 7.25. The number of hydrogen-bond donors (Lipinski definition) is 1. The zero-order valence-corrected chi connectivity index (χ0v) is 9.65. The van der Waals surface area contributed by atoms with E-state index in [1.165, 1.54) is 6.92 Å². The summed E-state index contributed by atoms with van der Waals surface area (Å²) >= 11 is 0. The third kappa shape index (κ3) is 4.72. The SMILES string of the molecule is C=C(C(=O)O)C(OC(=O)CC(C)=O)C(C)C. The number of carboxylic acids is 1. The molecule has 5 nitrogen and oxygen atoms in total. The molecule has 0 fully saturated rings. The molecule has 0 aromatic heterocycles. The predicted octanol–water partition coefficient (Wildman–Crippen LogP) is 1.17. The molecule has 90 valence electrons. The van der Waals surface area contributed by atoms with Crippen molar-refractivity contribution in [1.29, 1.82) is 0 Å². The minimum absolute atomic E-state index is 0.188. The van der Waals surface area contributed by atoms with E-state index in [0.717, 1.165) is 0 Å². The predicted molar refractivity (Wildman–Crippen MR) is 56.8 cm³/mol. The number of carbonyl (C=O) groups excluding carboxylic acids is 2. The number of esters is 1. The van der Waals surface area contributed by atoms with Gasteiger partial charge in [0.05, 0.1) is 5.57 Å². The van der Waals surface area contributed by atoms with Gasteiger partial charge in [-0.1, -0.05) is 20.4 Å². The van der Waals surface area contributed by atoms with Gasteiger partial charge in [0, 0.05) is 0 Å². The molecular formula is C11H16O5. The average Bonchev–Trinajstić information content (AvgIpc) is 2.11. The van der Waals surface area contributed by atoms with Crippen molar-refractivity contribution < 1.29 is 24.2 Å². The van der Waals surface area contributed by atoms with Crippen LogP contribution in [0.1, 0.15) is 27.2 Å². The summed E-state index contributed by atoms with van der Waals surface area (Å²) in [7, 11) is 0. The van der Waals surface area contributed by atoms with E-state index < -0.39 is 18.0 Å². The fourth-order valence-electron chi connectivity index (χ4n) is 1.12. The number of ether oxygens (including phenoxy) is 1. The molecule has 0 saturated heterocycles. The van der Waals surface area contributed by atoms with Crippen LogP contribution < -0.4 is 0 Å². The standard InChI is InChI=1S/C11H16O5/c1-6(2)10(8(4)11(14)15)16-9(13)5-7(3)12/h6,10H,4-5H2,1-3H3,(H,14,15). The highest BCUT2D eigenvalue weighted by atomic mass is 16.5. The molecule has 0 saturated carbocycles. The molecule has 0 bridgehead atoms. The zero-order chi connectivity index (χ0) is 12.9. The summed E-state index contributed by atoms with van der Waals surface area (Å²) < 4.78 is 4.91. The molecule has 0 aliphatic rings. The first kappa shape index (κ1) is 14.3. The van der Waals surface area contributed by atoms with Gasteiger partial charge in [-0.15, -0.1) is 0 Å². The number of carboxylic acid groups (broad SMARTS) is 1. The van der Waals surface area contributed by atoms with E-state index in [0.29, 0.717) is 0 Å². The normalized spacial score (nSPS) is 12.0. The maximum atomic E-state index is 11.2. The quantitative estimate of drug-likeness (QED) is 0.419. The summed E-state index contributed by atoms with van der Waals surface area (Å²) in [4.78, 5) is 32.6. The van der Waals surface area contributed by atoms with Crippen molar-refractivity contribution >= 4 is 17.7 Å². The Morgan fingerprint density at radius 1 is 1.31 bits per heavy atom. The lowest BCUT2D eigenvalue weighted by Gasteiger charge is -2.21. The first-order valence-corrected chi connectivity index (χ1v) is 4.86. The molecule has 5 heteroatoms.